The smallest absolute Gasteiger partial charge is 0.254 e. The highest BCUT2D eigenvalue weighted by Crippen LogP contribution is 2.30. The Kier molecular flexibility index (Phi) is 6.42. The predicted molar refractivity (Wildman–Crippen MR) is 108 cm³/mol. The summed E-state index contributed by atoms with van der Waals surface area (Å²) < 4.78 is 27.0. The van der Waals surface area contributed by atoms with Gasteiger partial charge in [0, 0.05) is 51.4 Å². The zero-order valence-corrected chi connectivity index (χ0v) is 17.2. The highest BCUT2D eigenvalue weighted by molar-refractivity contribution is 5.95. The van der Waals surface area contributed by atoms with Gasteiger partial charge in [0.05, 0.1) is 11.3 Å². The molecule has 1 aromatic carbocycles. The van der Waals surface area contributed by atoms with Crippen molar-refractivity contribution in [3.63, 3.8) is 0 Å². The first-order valence-corrected chi connectivity index (χ1v) is 9.75. The minimum absolute atomic E-state index is 0.00632. The molecule has 0 radical (unpaired) electrons. The lowest BCUT2D eigenvalue weighted by atomic mass is 9.99. The standard InChI is InChI=1S/C21H27F2N5O/c1-13(2)25-20(29)18-10-24-21(27(3)4)26-19(18)15-5-6-28(12-15)11-14-7-16(22)9-17(23)8-14/h7-10,13,15H,5-6,11-12H2,1-4H3,(H,25,29). The molecule has 1 unspecified atom stereocenters. The van der Waals surface area contributed by atoms with Gasteiger partial charge in [-0.25, -0.2) is 18.7 Å². The fraction of sp³-hybridized carbons (Fsp3) is 0.476. The van der Waals surface area contributed by atoms with E-state index in [9.17, 15) is 13.6 Å². The summed E-state index contributed by atoms with van der Waals surface area (Å²) in [6.45, 7) is 5.67. The van der Waals surface area contributed by atoms with E-state index in [4.69, 9.17) is 0 Å². The van der Waals surface area contributed by atoms with Crippen molar-refractivity contribution < 1.29 is 13.6 Å². The number of hydrogen-bond acceptors (Lipinski definition) is 5. The Morgan fingerprint density at radius 1 is 1.28 bits per heavy atom. The van der Waals surface area contributed by atoms with E-state index < -0.39 is 11.6 Å². The Hall–Kier alpha value is -2.61. The molecule has 2 aromatic rings. The number of benzene rings is 1. The summed E-state index contributed by atoms with van der Waals surface area (Å²) in [4.78, 5) is 25.5. The molecule has 1 aliphatic heterocycles. The van der Waals surface area contributed by atoms with Gasteiger partial charge < -0.3 is 10.2 Å². The van der Waals surface area contributed by atoms with Crippen LogP contribution < -0.4 is 10.2 Å². The molecular weight excluding hydrogens is 376 g/mol. The minimum Gasteiger partial charge on any atom is -0.350 e. The molecule has 1 atom stereocenters. The summed E-state index contributed by atoms with van der Waals surface area (Å²) in [6, 6.07) is 3.59. The van der Waals surface area contributed by atoms with E-state index >= 15 is 0 Å². The van der Waals surface area contributed by atoms with Crippen molar-refractivity contribution >= 4 is 11.9 Å². The number of rotatable bonds is 6. The van der Waals surface area contributed by atoms with E-state index in [1.54, 1.807) is 11.1 Å². The molecule has 2 heterocycles. The zero-order chi connectivity index (χ0) is 21.1. The zero-order valence-electron chi connectivity index (χ0n) is 17.2. The first-order valence-electron chi connectivity index (χ1n) is 9.75. The van der Waals surface area contributed by atoms with Crippen LogP contribution in [0, 0.1) is 11.6 Å². The summed E-state index contributed by atoms with van der Waals surface area (Å²) in [5, 5.41) is 2.91. The Morgan fingerprint density at radius 2 is 1.97 bits per heavy atom. The second-order valence-electron chi connectivity index (χ2n) is 7.99. The molecule has 8 heteroatoms. The van der Waals surface area contributed by atoms with E-state index in [2.05, 4.69) is 20.2 Å². The second-order valence-corrected chi connectivity index (χ2v) is 7.99. The number of carbonyl (C=O) groups excluding carboxylic acids is 1. The number of nitrogens with one attached hydrogen (secondary N) is 1. The maximum atomic E-state index is 13.5. The largest absolute Gasteiger partial charge is 0.350 e. The van der Waals surface area contributed by atoms with Crippen LogP contribution in [0.4, 0.5) is 14.7 Å². The number of halogens is 2. The highest BCUT2D eigenvalue weighted by atomic mass is 19.1. The van der Waals surface area contributed by atoms with Crippen LogP contribution >= 0.6 is 0 Å². The molecule has 0 bridgehead atoms. The van der Waals surface area contributed by atoms with E-state index in [-0.39, 0.29) is 17.9 Å². The fourth-order valence-electron chi connectivity index (χ4n) is 3.59. The maximum Gasteiger partial charge on any atom is 0.254 e. The van der Waals surface area contributed by atoms with Gasteiger partial charge in [-0.15, -0.1) is 0 Å². The van der Waals surface area contributed by atoms with Crippen molar-refractivity contribution in [1.82, 2.24) is 20.2 Å². The molecule has 6 nitrogen and oxygen atoms in total. The number of anilines is 1. The number of nitrogens with zero attached hydrogens (tertiary/aromatic N) is 4. The summed E-state index contributed by atoms with van der Waals surface area (Å²) in [5.41, 5.74) is 1.79. The topological polar surface area (TPSA) is 61.4 Å². The van der Waals surface area contributed by atoms with Gasteiger partial charge in [-0.3, -0.25) is 9.69 Å². The summed E-state index contributed by atoms with van der Waals surface area (Å²) in [6.07, 6.45) is 2.39. The Balaban J connectivity index is 1.81. The summed E-state index contributed by atoms with van der Waals surface area (Å²) in [5.74, 6) is -0.745. The lowest BCUT2D eigenvalue weighted by Crippen LogP contribution is -2.32. The van der Waals surface area contributed by atoms with Crippen molar-refractivity contribution in [3.8, 4) is 0 Å². The normalized spacial score (nSPS) is 17.0. The summed E-state index contributed by atoms with van der Waals surface area (Å²) in [7, 11) is 3.71. The monoisotopic (exact) mass is 403 g/mol. The van der Waals surface area contributed by atoms with Gasteiger partial charge in [-0.1, -0.05) is 0 Å². The van der Waals surface area contributed by atoms with Crippen molar-refractivity contribution in [2.24, 2.45) is 0 Å². The minimum atomic E-state index is -0.574. The van der Waals surface area contributed by atoms with Gasteiger partial charge >= 0.3 is 0 Å². The third kappa shape index (κ3) is 5.26. The first kappa shape index (κ1) is 21.1. The molecule has 1 N–H and O–H groups in total. The van der Waals surface area contributed by atoms with Gasteiger partial charge in [0.25, 0.3) is 5.91 Å². The maximum absolute atomic E-state index is 13.5. The van der Waals surface area contributed by atoms with Crippen LogP contribution in [-0.4, -0.2) is 54.0 Å². The molecule has 1 aliphatic rings. The molecule has 29 heavy (non-hydrogen) atoms. The van der Waals surface area contributed by atoms with Gasteiger partial charge in [0.15, 0.2) is 0 Å². The second kappa shape index (κ2) is 8.82. The van der Waals surface area contributed by atoms with Gasteiger partial charge in [0.1, 0.15) is 11.6 Å². The van der Waals surface area contributed by atoms with Crippen LogP contribution in [0.5, 0.6) is 0 Å². The lowest BCUT2D eigenvalue weighted by Gasteiger charge is -2.19. The van der Waals surface area contributed by atoms with Crippen molar-refractivity contribution in [2.45, 2.75) is 38.8 Å². The highest BCUT2D eigenvalue weighted by Gasteiger charge is 2.29. The van der Waals surface area contributed by atoms with Crippen molar-refractivity contribution in [1.29, 1.82) is 0 Å². The van der Waals surface area contributed by atoms with E-state index in [1.807, 2.05) is 27.9 Å². The van der Waals surface area contributed by atoms with Crippen molar-refractivity contribution in [3.05, 3.63) is 52.9 Å². The van der Waals surface area contributed by atoms with Gasteiger partial charge in [0.2, 0.25) is 5.95 Å². The molecule has 0 spiro atoms. The van der Waals surface area contributed by atoms with E-state index in [0.29, 0.717) is 30.2 Å². The Morgan fingerprint density at radius 3 is 2.59 bits per heavy atom. The molecule has 0 aliphatic carbocycles. The molecule has 156 valence electrons. The van der Waals surface area contributed by atoms with E-state index in [0.717, 1.165) is 24.7 Å². The molecule has 1 fully saturated rings. The molecular formula is C21H27F2N5O. The SMILES string of the molecule is CC(C)NC(=O)c1cnc(N(C)C)nc1C1CCN(Cc2cc(F)cc(F)c2)C1. The van der Waals surface area contributed by atoms with Gasteiger partial charge in [-0.2, -0.15) is 0 Å². The Labute approximate surface area is 169 Å². The number of amides is 1. The molecule has 0 saturated carbocycles. The molecule has 1 saturated heterocycles. The van der Waals surface area contributed by atoms with Crippen LogP contribution in [-0.2, 0) is 6.54 Å². The number of likely N-dealkylation sites (tertiary alicyclic amines) is 1. The third-order valence-corrected chi connectivity index (χ3v) is 4.86. The Bertz CT molecular complexity index is 867. The molecule has 1 amide bonds. The van der Waals surface area contributed by atoms with Crippen LogP contribution in [0.3, 0.4) is 0 Å². The molecule has 1 aromatic heterocycles. The lowest BCUT2D eigenvalue weighted by molar-refractivity contribution is 0.0940. The van der Waals surface area contributed by atoms with Crippen LogP contribution in [0.25, 0.3) is 0 Å². The van der Waals surface area contributed by atoms with Gasteiger partial charge in [-0.05, 0) is 44.5 Å². The van der Waals surface area contributed by atoms with Crippen molar-refractivity contribution in [2.75, 3.05) is 32.1 Å². The van der Waals surface area contributed by atoms with Crippen LogP contribution in [0.15, 0.2) is 24.4 Å². The third-order valence-electron chi connectivity index (χ3n) is 4.86. The van der Waals surface area contributed by atoms with Crippen LogP contribution in [0.2, 0.25) is 0 Å². The average Bonchev–Trinajstić information content (AvgIpc) is 3.08. The number of aromatic nitrogens is 2. The fourth-order valence-corrected chi connectivity index (χ4v) is 3.59. The number of hydrogen-bond donors (Lipinski definition) is 1. The number of carbonyl (C=O) groups is 1. The predicted octanol–water partition coefficient (Wildman–Crippen LogP) is 2.95. The average molecular weight is 403 g/mol. The molecule has 3 rings (SSSR count). The van der Waals surface area contributed by atoms with E-state index in [1.165, 1.54) is 12.1 Å². The quantitative estimate of drug-likeness (QED) is 0.804. The van der Waals surface area contributed by atoms with Crippen LogP contribution in [0.1, 0.15) is 47.8 Å². The summed E-state index contributed by atoms with van der Waals surface area (Å²) >= 11 is 0. The first-order chi connectivity index (χ1) is 13.7.